The van der Waals surface area contributed by atoms with E-state index in [2.05, 4.69) is 0 Å². The Morgan fingerprint density at radius 2 is 1.83 bits per heavy atom. The molecule has 164 valence electrons. The third-order valence-electron chi connectivity index (χ3n) is 4.67. The Kier molecular flexibility index (Phi) is 7.43. The molecule has 0 amide bonds. The summed E-state index contributed by atoms with van der Waals surface area (Å²) in [6, 6.07) is 2.16. The van der Waals surface area contributed by atoms with Crippen LogP contribution in [0, 0.1) is 23.0 Å². The number of halogens is 2. The molecule has 2 N–H and O–H groups in total. The number of ether oxygens (including phenoxy) is 1. The number of ketones is 1. The minimum absolute atomic E-state index is 0.0859. The molecule has 0 atom stereocenters. The maximum absolute atomic E-state index is 13.9. The number of piperidine rings is 1. The molecule has 2 rings (SSSR count). The zero-order valence-electron chi connectivity index (χ0n) is 16.4. The van der Waals surface area contributed by atoms with Gasteiger partial charge in [-0.2, -0.15) is 4.31 Å². The molecule has 11 heteroatoms. The molecular formula is C19H22F2N2O6S. The Hall–Kier alpha value is -2.66. The molecule has 1 aliphatic heterocycles. The maximum Gasteiger partial charge on any atom is 0.309 e. The number of hydrogen-bond acceptors (Lipinski definition) is 7. The molecule has 0 aromatic heterocycles. The minimum atomic E-state index is -4.26. The molecule has 1 saturated heterocycles. The topological polar surface area (TPSA) is 125 Å². The van der Waals surface area contributed by atoms with Gasteiger partial charge in [0.2, 0.25) is 10.0 Å². The largest absolute Gasteiger partial charge is 0.508 e. The summed E-state index contributed by atoms with van der Waals surface area (Å²) in [4.78, 5) is 22.9. The second kappa shape index (κ2) is 9.43. The summed E-state index contributed by atoms with van der Waals surface area (Å²) in [6.07, 6.45) is 0.172. The number of rotatable bonds is 7. The number of carbonyl (C=O) groups excluding carboxylic acids is 2. The van der Waals surface area contributed by atoms with E-state index in [9.17, 15) is 31.9 Å². The molecule has 1 heterocycles. The second-order valence-electron chi connectivity index (χ2n) is 6.86. The van der Waals surface area contributed by atoms with Crippen molar-refractivity contribution in [3.8, 4) is 0 Å². The van der Waals surface area contributed by atoms with Gasteiger partial charge < -0.3 is 15.3 Å². The van der Waals surface area contributed by atoms with Crippen molar-refractivity contribution in [3.05, 3.63) is 41.2 Å². The number of aliphatic hydroxyl groups is 1. The SMILES string of the molecule is CC(=N)/C(C(C)=O)=C(/O)COC(=O)C1CCN(S(=O)(=O)c2cc(F)ccc2F)CC1. The van der Waals surface area contributed by atoms with Gasteiger partial charge in [0.1, 0.15) is 28.9 Å². The van der Waals surface area contributed by atoms with Crippen molar-refractivity contribution >= 4 is 27.5 Å². The molecule has 0 radical (unpaired) electrons. The number of sulfonamides is 1. The lowest BCUT2D eigenvalue weighted by Crippen LogP contribution is -2.41. The molecular weight excluding hydrogens is 422 g/mol. The third kappa shape index (κ3) is 5.28. The zero-order valence-corrected chi connectivity index (χ0v) is 17.3. The van der Waals surface area contributed by atoms with Gasteiger partial charge in [-0.05, 0) is 44.9 Å². The molecule has 0 bridgehead atoms. The Labute approximate surface area is 172 Å². The van der Waals surface area contributed by atoms with Gasteiger partial charge in [0.25, 0.3) is 0 Å². The van der Waals surface area contributed by atoms with Gasteiger partial charge in [-0.25, -0.2) is 17.2 Å². The summed E-state index contributed by atoms with van der Waals surface area (Å²) in [7, 11) is -4.26. The summed E-state index contributed by atoms with van der Waals surface area (Å²) >= 11 is 0. The summed E-state index contributed by atoms with van der Waals surface area (Å²) in [6.45, 7) is 1.70. The van der Waals surface area contributed by atoms with E-state index in [-0.39, 0.29) is 37.2 Å². The number of aliphatic hydroxyl groups excluding tert-OH is 1. The molecule has 0 spiro atoms. The monoisotopic (exact) mass is 444 g/mol. The van der Waals surface area contributed by atoms with Crippen LogP contribution in [-0.4, -0.2) is 55.0 Å². The van der Waals surface area contributed by atoms with E-state index in [0.29, 0.717) is 6.07 Å². The van der Waals surface area contributed by atoms with Crippen LogP contribution in [0.15, 0.2) is 34.4 Å². The average molecular weight is 444 g/mol. The Morgan fingerprint density at radius 3 is 2.37 bits per heavy atom. The van der Waals surface area contributed by atoms with Crippen molar-refractivity contribution in [2.75, 3.05) is 19.7 Å². The fourth-order valence-electron chi connectivity index (χ4n) is 3.16. The van der Waals surface area contributed by atoms with Crippen molar-refractivity contribution in [1.29, 1.82) is 5.41 Å². The van der Waals surface area contributed by atoms with Gasteiger partial charge >= 0.3 is 5.97 Å². The fourth-order valence-corrected chi connectivity index (χ4v) is 4.70. The lowest BCUT2D eigenvalue weighted by Gasteiger charge is -2.30. The van der Waals surface area contributed by atoms with Gasteiger partial charge in [0.15, 0.2) is 5.78 Å². The number of benzene rings is 1. The van der Waals surface area contributed by atoms with E-state index in [1.54, 1.807) is 0 Å². The first kappa shape index (κ1) is 23.6. The fraction of sp³-hybridized carbons (Fsp3) is 0.421. The third-order valence-corrected chi connectivity index (χ3v) is 6.58. The van der Waals surface area contributed by atoms with Crippen LogP contribution in [-0.2, 0) is 24.3 Å². The normalized spacial score (nSPS) is 16.7. The number of Topliss-reactive ketones (excluding diaryl/α,β-unsaturated/α-hetero) is 1. The molecule has 8 nitrogen and oxygen atoms in total. The number of carbonyl (C=O) groups is 2. The van der Waals surface area contributed by atoms with Crippen LogP contribution < -0.4 is 0 Å². The summed E-state index contributed by atoms with van der Waals surface area (Å²) < 4.78 is 58.3. The summed E-state index contributed by atoms with van der Waals surface area (Å²) in [5.41, 5.74) is -0.403. The van der Waals surface area contributed by atoms with Crippen molar-refractivity contribution in [3.63, 3.8) is 0 Å². The van der Waals surface area contributed by atoms with Crippen molar-refractivity contribution in [2.45, 2.75) is 31.6 Å². The minimum Gasteiger partial charge on any atom is -0.508 e. The maximum atomic E-state index is 13.9. The number of allylic oxidation sites excluding steroid dienone is 1. The van der Waals surface area contributed by atoms with Crippen LogP contribution in [0.5, 0.6) is 0 Å². The first-order chi connectivity index (χ1) is 13.9. The highest BCUT2D eigenvalue weighted by Gasteiger charge is 2.34. The van der Waals surface area contributed by atoms with Crippen LogP contribution in [0.25, 0.3) is 0 Å². The number of nitrogens with zero attached hydrogens (tertiary/aromatic N) is 1. The van der Waals surface area contributed by atoms with Gasteiger partial charge in [-0.1, -0.05) is 0 Å². The van der Waals surface area contributed by atoms with E-state index in [1.165, 1.54) is 13.8 Å². The number of esters is 1. The van der Waals surface area contributed by atoms with Gasteiger partial charge in [-0.15, -0.1) is 0 Å². The Bertz CT molecular complexity index is 982. The van der Waals surface area contributed by atoms with Crippen LogP contribution >= 0.6 is 0 Å². The number of hydrogen-bond donors (Lipinski definition) is 2. The van der Waals surface area contributed by atoms with Crippen LogP contribution in [0.1, 0.15) is 26.7 Å². The molecule has 0 aliphatic carbocycles. The molecule has 0 saturated carbocycles. The summed E-state index contributed by atoms with van der Waals surface area (Å²) in [5, 5.41) is 17.4. The van der Waals surface area contributed by atoms with Crippen molar-refractivity contribution < 1.29 is 36.6 Å². The predicted octanol–water partition coefficient (Wildman–Crippen LogP) is 2.35. The predicted molar refractivity (Wildman–Crippen MR) is 103 cm³/mol. The van der Waals surface area contributed by atoms with Crippen LogP contribution in [0.2, 0.25) is 0 Å². The average Bonchev–Trinajstić information content (AvgIpc) is 2.67. The quantitative estimate of drug-likeness (QED) is 0.288. The highest BCUT2D eigenvalue weighted by atomic mass is 32.2. The van der Waals surface area contributed by atoms with Gasteiger partial charge in [0.05, 0.1) is 11.5 Å². The van der Waals surface area contributed by atoms with Crippen LogP contribution in [0.4, 0.5) is 8.78 Å². The smallest absolute Gasteiger partial charge is 0.309 e. The van der Waals surface area contributed by atoms with Gasteiger partial charge in [0, 0.05) is 18.8 Å². The Morgan fingerprint density at radius 1 is 1.23 bits per heavy atom. The highest BCUT2D eigenvalue weighted by molar-refractivity contribution is 7.89. The van der Waals surface area contributed by atoms with Crippen LogP contribution in [0.3, 0.4) is 0 Å². The van der Waals surface area contributed by atoms with Crippen molar-refractivity contribution in [2.24, 2.45) is 5.92 Å². The first-order valence-corrected chi connectivity index (χ1v) is 10.5. The molecule has 1 aromatic rings. The molecule has 1 aliphatic rings. The van der Waals surface area contributed by atoms with E-state index in [1.807, 2.05) is 0 Å². The highest BCUT2D eigenvalue weighted by Crippen LogP contribution is 2.26. The lowest BCUT2D eigenvalue weighted by atomic mass is 9.98. The summed E-state index contributed by atoms with van der Waals surface area (Å²) in [5.74, 6) is -4.39. The number of nitrogens with one attached hydrogen (secondary N) is 1. The molecule has 30 heavy (non-hydrogen) atoms. The zero-order chi connectivity index (χ0) is 22.6. The molecule has 1 aromatic carbocycles. The van der Waals surface area contributed by atoms with E-state index in [4.69, 9.17) is 10.1 Å². The van der Waals surface area contributed by atoms with E-state index >= 15 is 0 Å². The Balaban J connectivity index is 2.01. The molecule has 1 fully saturated rings. The lowest BCUT2D eigenvalue weighted by molar-refractivity contribution is -0.149. The standard InChI is InChI=1S/C19H22F2N2O6S/c1-11(22)18(12(2)24)16(25)10-29-19(26)13-5-7-23(8-6-13)30(27,28)17-9-14(20)3-4-15(17)21/h3-4,9,13,22,25H,5-8,10H2,1-2H3/b18-16-,22-11?. The van der Waals surface area contributed by atoms with Gasteiger partial charge in [-0.3, -0.25) is 9.59 Å². The van der Waals surface area contributed by atoms with Crippen molar-refractivity contribution in [1.82, 2.24) is 4.31 Å². The van der Waals surface area contributed by atoms with E-state index < -0.39 is 56.6 Å². The first-order valence-electron chi connectivity index (χ1n) is 9.05. The van der Waals surface area contributed by atoms with E-state index in [0.717, 1.165) is 16.4 Å². The second-order valence-corrected chi connectivity index (χ2v) is 8.77. The molecule has 0 unspecified atom stereocenters.